The highest BCUT2D eigenvalue weighted by Gasteiger charge is 2.33. The van der Waals surface area contributed by atoms with Gasteiger partial charge in [-0.25, -0.2) is 4.68 Å². The van der Waals surface area contributed by atoms with E-state index in [0.29, 0.717) is 30.0 Å². The number of benzene rings is 3. The standard InChI is InChI=1S/C30H30N6O5/c1-18(34-29(39)28(32)38)26(19-7-3-2-4-8-19)41-23-12-13-24-21(16-23)17-33-36(24)22-10-5-9-20(15-22)30(40)35-14-6-11-25(35)27(31)37/h2-5,7-10,12-13,15-18,25-26H,6,11,14H2,1H3,(H2,31,37)(H2,32,38)(H,34,39)/t18-,25-,26-/m0/s1. The van der Waals surface area contributed by atoms with Gasteiger partial charge in [0.15, 0.2) is 0 Å². The SMILES string of the molecule is C[C@H](NC(=O)C(N)=O)[C@H](Oc1ccc2c(cnn2-c2cccc(C(=O)N3CCC[C@H]3C(N)=O)c2)c1)c1ccccc1. The van der Waals surface area contributed by atoms with E-state index in [2.05, 4.69) is 10.4 Å². The third kappa shape index (κ3) is 5.74. The Bertz CT molecular complexity index is 1620. The molecule has 4 amide bonds. The summed E-state index contributed by atoms with van der Waals surface area (Å²) < 4.78 is 8.03. The van der Waals surface area contributed by atoms with Crippen molar-refractivity contribution >= 4 is 34.5 Å². The number of carbonyl (C=O) groups excluding carboxylic acids is 4. The molecule has 0 saturated carbocycles. The van der Waals surface area contributed by atoms with E-state index in [0.717, 1.165) is 22.9 Å². The number of aromatic nitrogens is 2. The lowest BCUT2D eigenvalue weighted by Gasteiger charge is -2.26. The first-order valence-corrected chi connectivity index (χ1v) is 13.2. The molecule has 2 heterocycles. The van der Waals surface area contributed by atoms with E-state index in [4.69, 9.17) is 16.2 Å². The third-order valence-corrected chi connectivity index (χ3v) is 7.15. The topological polar surface area (TPSA) is 163 Å². The summed E-state index contributed by atoms with van der Waals surface area (Å²) in [7, 11) is 0. The highest BCUT2D eigenvalue weighted by molar-refractivity contribution is 6.34. The van der Waals surface area contributed by atoms with Crippen molar-refractivity contribution in [3.63, 3.8) is 0 Å². The second kappa shape index (κ2) is 11.5. The molecular formula is C30H30N6O5. The number of likely N-dealkylation sites (tertiary alicyclic amines) is 1. The zero-order valence-corrected chi connectivity index (χ0v) is 22.4. The van der Waals surface area contributed by atoms with E-state index >= 15 is 0 Å². The van der Waals surface area contributed by atoms with Gasteiger partial charge < -0.3 is 26.4 Å². The maximum atomic E-state index is 13.2. The van der Waals surface area contributed by atoms with Crippen molar-refractivity contribution in [3.8, 4) is 11.4 Å². The maximum Gasteiger partial charge on any atom is 0.309 e. The van der Waals surface area contributed by atoms with E-state index in [-0.39, 0.29) is 5.91 Å². The molecule has 1 aliphatic heterocycles. The molecule has 11 nitrogen and oxygen atoms in total. The van der Waals surface area contributed by atoms with Crippen LogP contribution < -0.4 is 21.5 Å². The smallest absolute Gasteiger partial charge is 0.309 e. The Kier molecular flexibility index (Phi) is 7.68. The number of hydrogen-bond acceptors (Lipinski definition) is 6. The Morgan fingerprint density at radius 2 is 1.78 bits per heavy atom. The lowest BCUT2D eigenvalue weighted by atomic mass is 10.0. The third-order valence-electron chi connectivity index (χ3n) is 7.15. The Balaban J connectivity index is 1.40. The first-order valence-electron chi connectivity index (χ1n) is 13.2. The van der Waals surface area contributed by atoms with Gasteiger partial charge in [-0.05, 0) is 61.7 Å². The first kappa shape index (κ1) is 27.4. The summed E-state index contributed by atoms with van der Waals surface area (Å²) in [6, 6.07) is 20.7. The molecule has 1 aromatic heterocycles. The molecule has 41 heavy (non-hydrogen) atoms. The van der Waals surface area contributed by atoms with E-state index in [9.17, 15) is 19.2 Å². The van der Waals surface area contributed by atoms with Crippen molar-refractivity contribution in [2.45, 2.75) is 38.0 Å². The molecule has 1 aliphatic rings. The Morgan fingerprint density at radius 1 is 1.00 bits per heavy atom. The Labute approximate surface area is 236 Å². The van der Waals surface area contributed by atoms with Gasteiger partial charge in [-0.3, -0.25) is 19.2 Å². The van der Waals surface area contributed by atoms with Crippen LogP contribution in [0.25, 0.3) is 16.6 Å². The fourth-order valence-corrected chi connectivity index (χ4v) is 5.13. The van der Waals surface area contributed by atoms with Crippen LogP contribution in [0, 0.1) is 0 Å². The average molecular weight is 555 g/mol. The molecule has 0 aliphatic carbocycles. The number of rotatable bonds is 8. The quantitative estimate of drug-likeness (QED) is 0.283. The molecule has 1 fully saturated rings. The number of fused-ring (bicyclic) bond motifs is 1. The van der Waals surface area contributed by atoms with Crippen LogP contribution in [0.1, 0.15) is 41.8 Å². The minimum absolute atomic E-state index is 0.246. The van der Waals surface area contributed by atoms with Crippen LogP contribution in [-0.2, 0) is 14.4 Å². The highest BCUT2D eigenvalue weighted by Crippen LogP contribution is 2.29. The van der Waals surface area contributed by atoms with Crippen molar-refractivity contribution in [1.82, 2.24) is 20.0 Å². The summed E-state index contributed by atoms with van der Waals surface area (Å²) in [5.41, 5.74) is 13.3. The summed E-state index contributed by atoms with van der Waals surface area (Å²) in [6.45, 7) is 2.22. The molecule has 3 atom stereocenters. The summed E-state index contributed by atoms with van der Waals surface area (Å²) in [5, 5.41) is 7.91. The maximum absolute atomic E-state index is 13.2. The largest absolute Gasteiger partial charge is 0.484 e. The molecule has 11 heteroatoms. The minimum atomic E-state index is -1.07. The summed E-state index contributed by atoms with van der Waals surface area (Å²) in [5.74, 6) is -2.18. The van der Waals surface area contributed by atoms with Crippen molar-refractivity contribution in [2.75, 3.05) is 6.54 Å². The van der Waals surface area contributed by atoms with Crippen LogP contribution in [0.3, 0.4) is 0 Å². The number of nitrogens with one attached hydrogen (secondary N) is 1. The molecule has 0 radical (unpaired) electrons. The van der Waals surface area contributed by atoms with Gasteiger partial charge >= 0.3 is 11.8 Å². The molecular weight excluding hydrogens is 524 g/mol. The van der Waals surface area contributed by atoms with Gasteiger partial charge in [0.05, 0.1) is 23.4 Å². The fourth-order valence-electron chi connectivity index (χ4n) is 5.13. The molecule has 3 aromatic carbocycles. The minimum Gasteiger partial charge on any atom is -0.484 e. The normalized spacial score (nSPS) is 16.2. The van der Waals surface area contributed by atoms with Crippen LogP contribution in [0.15, 0.2) is 79.0 Å². The van der Waals surface area contributed by atoms with Crippen LogP contribution >= 0.6 is 0 Å². The molecule has 1 saturated heterocycles. The van der Waals surface area contributed by atoms with Crippen molar-refractivity contribution in [1.29, 1.82) is 0 Å². The fraction of sp³-hybridized carbons (Fsp3) is 0.233. The lowest BCUT2D eigenvalue weighted by Crippen LogP contribution is -2.44. The van der Waals surface area contributed by atoms with Gasteiger partial charge in [0.25, 0.3) is 5.91 Å². The van der Waals surface area contributed by atoms with Crippen LogP contribution in [-0.4, -0.2) is 56.9 Å². The van der Waals surface area contributed by atoms with E-state index < -0.39 is 35.9 Å². The first-order chi connectivity index (χ1) is 19.7. The van der Waals surface area contributed by atoms with Crippen molar-refractivity contribution < 1.29 is 23.9 Å². The van der Waals surface area contributed by atoms with E-state index in [1.807, 2.05) is 48.5 Å². The molecule has 210 valence electrons. The predicted octanol–water partition coefficient (Wildman–Crippen LogP) is 2.23. The summed E-state index contributed by atoms with van der Waals surface area (Å²) in [6.07, 6.45) is 2.38. The second-order valence-electron chi connectivity index (χ2n) is 9.96. The lowest BCUT2D eigenvalue weighted by molar-refractivity contribution is -0.138. The van der Waals surface area contributed by atoms with E-state index in [1.165, 1.54) is 4.90 Å². The predicted molar refractivity (Wildman–Crippen MR) is 151 cm³/mol. The molecule has 5 N–H and O–H groups in total. The number of carbonyl (C=O) groups is 4. The zero-order valence-electron chi connectivity index (χ0n) is 22.4. The molecule has 0 spiro atoms. The van der Waals surface area contributed by atoms with Crippen molar-refractivity contribution in [2.24, 2.45) is 11.5 Å². The van der Waals surface area contributed by atoms with Gasteiger partial charge in [0.2, 0.25) is 5.91 Å². The van der Waals surface area contributed by atoms with Gasteiger partial charge in [-0.2, -0.15) is 5.10 Å². The zero-order chi connectivity index (χ0) is 29.1. The van der Waals surface area contributed by atoms with Gasteiger partial charge in [-0.1, -0.05) is 36.4 Å². The monoisotopic (exact) mass is 554 g/mol. The molecule has 0 bridgehead atoms. The van der Waals surface area contributed by atoms with Gasteiger partial charge in [0, 0.05) is 17.5 Å². The van der Waals surface area contributed by atoms with Crippen LogP contribution in [0.4, 0.5) is 0 Å². The molecule has 0 unspecified atom stereocenters. The molecule has 4 aromatic rings. The van der Waals surface area contributed by atoms with Gasteiger partial charge in [0.1, 0.15) is 17.9 Å². The number of hydrogen-bond donors (Lipinski definition) is 3. The molecule has 5 rings (SSSR count). The summed E-state index contributed by atoms with van der Waals surface area (Å²) >= 11 is 0. The number of nitrogens with zero attached hydrogens (tertiary/aromatic N) is 3. The van der Waals surface area contributed by atoms with Crippen molar-refractivity contribution in [3.05, 3.63) is 90.1 Å². The van der Waals surface area contributed by atoms with Crippen LogP contribution in [0.5, 0.6) is 5.75 Å². The van der Waals surface area contributed by atoms with Crippen LogP contribution in [0.2, 0.25) is 0 Å². The Hall–Kier alpha value is -5.19. The number of nitrogens with two attached hydrogens (primary N) is 2. The number of ether oxygens (including phenoxy) is 1. The van der Waals surface area contributed by atoms with E-state index in [1.54, 1.807) is 42.1 Å². The Morgan fingerprint density at radius 3 is 2.51 bits per heavy atom. The highest BCUT2D eigenvalue weighted by atomic mass is 16.5. The second-order valence-corrected chi connectivity index (χ2v) is 9.96. The average Bonchev–Trinajstić information content (AvgIpc) is 3.63. The number of primary amides is 2. The summed E-state index contributed by atoms with van der Waals surface area (Å²) in [4.78, 5) is 49.8. The number of amides is 4. The van der Waals surface area contributed by atoms with Gasteiger partial charge in [-0.15, -0.1) is 0 Å².